The molecule has 6 nitrogen and oxygen atoms in total. The lowest BCUT2D eigenvalue weighted by Crippen LogP contribution is -2.52. The van der Waals surface area contributed by atoms with Gasteiger partial charge in [-0.3, -0.25) is 0 Å². The first kappa shape index (κ1) is 16.3. The summed E-state index contributed by atoms with van der Waals surface area (Å²) in [5, 5.41) is 21.2. The van der Waals surface area contributed by atoms with E-state index in [2.05, 4.69) is 0 Å². The minimum absolute atomic E-state index is 0.392. The molecule has 0 aliphatic carbocycles. The Balaban J connectivity index is 1.83. The minimum atomic E-state index is -0.940. The Morgan fingerprint density at radius 3 is 2.87 bits per heavy atom. The van der Waals surface area contributed by atoms with E-state index in [9.17, 15) is 15.0 Å². The summed E-state index contributed by atoms with van der Waals surface area (Å²) in [6, 6.07) is 8.04. The lowest BCUT2D eigenvalue weighted by molar-refractivity contribution is -0.0943. The van der Waals surface area contributed by atoms with Crippen molar-refractivity contribution in [2.75, 3.05) is 12.4 Å². The maximum Gasteiger partial charge on any atom is 0.336 e. The van der Waals surface area contributed by atoms with Gasteiger partial charge in [-0.2, -0.15) is 0 Å². The fourth-order valence-corrected chi connectivity index (χ4v) is 3.61. The molecule has 0 unspecified atom stereocenters. The highest BCUT2D eigenvalue weighted by Gasteiger charge is 2.40. The molecule has 1 aromatic heterocycles. The quantitative estimate of drug-likeness (QED) is 0.814. The van der Waals surface area contributed by atoms with Crippen LogP contribution in [0.2, 0.25) is 0 Å². The number of rotatable bonds is 4. The molecular formula is C16H18O6S. The molecule has 2 heterocycles. The molecule has 0 spiro atoms. The van der Waals surface area contributed by atoms with Gasteiger partial charge in [0, 0.05) is 29.9 Å². The number of hydrogen-bond donors (Lipinski definition) is 2. The Morgan fingerprint density at radius 2 is 2.09 bits per heavy atom. The van der Waals surface area contributed by atoms with Crippen LogP contribution in [0.3, 0.4) is 0 Å². The molecule has 1 aliphatic heterocycles. The van der Waals surface area contributed by atoms with E-state index < -0.39 is 29.4 Å². The fraction of sp³-hybridized carbons (Fsp3) is 0.438. The normalized spacial score (nSPS) is 28.0. The molecule has 23 heavy (non-hydrogen) atoms. The van der Waals surface area contributed by atoms with Gasteiger partial charge in [-0.15, -0.1) is 11.8 Å². The summed E-state index contributed by atoms with van der Waals surface area (Å²) in [5.41, 5.74) is -0.914. The lowest BCUT2D eigenvalue weighted by atomic mass is 10.1. The first-order chi connectivity index (χ1) is 11.1. The van der Waals surface area contributed by atoms with Crippen molar-refractivity contribution in [2.45, 2.75) is 30.7 Å². The summed E-state index contributed by atoms with van der Waals surface area (Å²) in [5.74, 6) is 0.913. The fourth-order valence-electron chi connectivity index (χ4n) is 2.53. The van der Waals surface area contributed by atoms with E-state index in [1.807, 2.05) is 6.92 Å². The molecule has 1 fully saturated rings. The first-order valence-corrected chi connectivity index (χ1v) is 8.43. The number of aliphatic hydroxyl groups excluding tert-OH is 2. The highest BCUT2D eigenvalue weighted by atomic mass is 32.2. The topological polar surface area (TPSA) is 89.1 Å². The van der Waals surface area contributed by atoms with Crippen LogP contribution in [0.5, 0.6) is 5.75 Å². The monoisotopic (exact) mass is 338 g/mol. The average molecular weight is 338 g/mol. The second-order valence-corrected chi connectivity index (χ2v) is 6.39. The zero-order valence-corrected chi connectivity index (χ0v) is 13.4. The van der Waals surface area contributed by atoms with E-state index in [0.717, 1.165) is 5.39 Å². The summed E-state index contributed by atoms with van der Waals surface area (Å²) < 4.78 is 16.3. The average Bonchev–Trinajstić information content (AvgIpc) is 2.54. The van der Waals surface area contributed by atoms with Crippen LogP contribution in [-0.4, -0.2) is 46.3 Å². The van der Waals surface area contributed by atoms with E-state index >= 15 is 0 Å². The smallest absolute Gasteiger partial charge is 0.336 e. The zero-order valence-electron chi connectivity index (χ0n) is 12.5. The summed E-state index contributed by atoms with van der Waals surface area (Å²) >= 11 is 1.28. The van der Waals surface area contributed by atoms with Gasteiger partial charge in [-0.05, 0) is 25.1 Å². The second kappa shape index (κ2) is 6.92. The van der Waals surface area contributed by atoms with Gasteiger partial charge in [-0.1, -0.05) is 0 Å². The Labute approximate surface area is 137 Å². The van der Waals surface area contributed by atoms with Crippen LogP contribution >= 0.6 is 11.8 Å². The van der Waals surface area contributed by atoms with Crippen molar-refractivity contribution in [3.05, 3.63) is 40.8 Å². The van der Waals surface area contributed by atoms with E-state index in [1.165, 1.54) is 17.8 Å². The van der Waals surface area contributed by atoms with Crippen molar-refractivity contribution >= 4 is 22.7 Å². The molecule has 0 saturated carbocycles. The van der Waals surface area contributed by atoms with Crippen LogP contribution in [0.4, 0.5) is 0 Å². The predicted octanol–water partition coefficient (Wildman–Crippen LogP) is 1.37. The largest absolute Gasteiger partial charge is 0.484 e. The predicted molar refractivity (Wildman–Crippen MR) is 86.8 cm³/mol. The molecule has 2 aromatic rings. The van der Waals surface area contributed by atoms with Gasteiger partial charge >= 0.3 is 5.63 Å². The zero-order chi connectivity index (χ0) is 16.4. The molecule has 7 heteroatoms. The molecule has 0 radical (unpaired) electrons. The van der Waals surface area contributed by atoms with Crippen LogP contribution in [0.25, 0.3) is 11.0 Å². The Morgan fingerprint density at radius 1 is 1.30 bits per heavy atom. The molecule has 0 amide bonds. The number of aliphatic hydroxyl groups is 2. The van der Waals surface area contributed by atoms with Gasteiger partial charge in [0.15, 0.2) is 6.10 Å². The van der Waals surface area contributed by atoms with Gasteiger partial charge in [0.05, 0.1) is 6.10 Å². The van der Waals surface area contributed by atoms with Crippen molar-refractivity contribution in [3.8, 4) is 5.75 Å². The van der Waals surface area contributed by atoms with E-state index in [1.54, 1.807) is 24.3 Å². The van der Waals surface area contributed by atoms with Crippen molar-refractivity contribution in [1.82, 2.24) is 0 Å². The summed E-state index contributed by atoms with van der Waals surface area (Å²) in [4.78, 5) is 11.3. The number of fused-ring (bicyclic) bond motifs is 1. The lowest BCUT2D eigenvalue weighted by Gasteiger charge is -2.37. The van der Waals surface area contributed by atoms with Gasteiger partial charge in [0.25, 0.3) is 0 Å². The maximum atomic E-state index is 11.3. The highest BCUT2D eigenvalue weighted by Crippen LogP contribution is 2.30. The Hall–Kier alpha value is -1.54. The number of ether oxygens (including phenoxy) is 2. The van der Waals surface area contributed by atoms with Crippen molar-refractivity contribution in [3.63, 3.8) is 0 Å². The molecule has 1 aromatic carbocycles. The Kier molecular flexibility index (Phi) is 4.91. The van der Waals surface area contributed by atoms with Crippen LogP contribution < -0.4 is 10.4 Å². The summed E-state index contributed by atoms with van der Waals surface area (Å²) in [6.45, 7) is 2.33. The van der Waals surface area contributed by atoms with Gasteiger partial charge in [0.1, 0.15) is 22.9 Å². The van der Waals surface area contributed by atoms with Gasteiger partial charge in [0.2, 0.25) is 0 Å². The number of hydrogen-bond acceptors (Lipinski definition) is 7. The Bertz CT molecular complexity index is 730. The van der Waals surface area contributed by atoms with Gasteiger partial charge in [-0.25, -0.2) is 4.79 Å². The number of benzene rings is 1. The highest BCUT2D eigenvalue weighted by molar-refractivity contribution is 7.99. The van der Waals surface area contributed by atoms with E-state index in [4.69, 9.17) is 13.9 Å². The molecule has 1 aliphatic rings. The molecule has 0 bridgehead atoms. The first-order valence-electron chi connectivity index (χ1n) is 7.38. The maximum absolute atomic E-state index is 11.3. The second-order valence-electron chi connectivity index (χ2n) is 5.24. The van der Waals surface area contributed by atoms with Crippen LogP contribution in [-0.2, 0) is 4.74 Å². The molecule has 124 valence electrons. The van der Waals surface area contributed by atoms with E-state index in [0.29, 0.717) is 23.7 Å². The molecule has 3 rings (SSSR count). The summed E-state index contributed by atoms with van der Waals surface area (Å²) in [6.07, 6.45) is -2.15. The third-order valence-electron chi connectivity index (χ3n) is 3.68. The number of thioether (sulfide) groups is 1. The minimum Gasteiger partial charge on any atom is -0.484 e. The molecular weight excluding hydrogens is 320 g/mol. The van der Waals surface area contributed by atoms with Crippen molar-refractivity contribution in [2.24, 2.45) is 0 Å². The standard InChI is InChI=1S/C16H18O6S/c1-2-20-12-8-23-16(19)15(14(12)18)21-10-5-3-9-4-6-13(17)22-11(9)7-10/h3-7,12,14-16,18-19H,2,8H2,1H3/t12-,14+,15-,16-/m1/s1. The molecule has 4 atom stereocenters. The van der Waals surface area contributed by atoms with E-state index in [-0.39, 0.29) is 0 Å². The van der Waals surface area contributed by atoms with Crippen LogP contribution in [0, 0.1) is 0 Å². The van der Waals surface area contributed by atoms with Gasteiger partial charge < -0.3 is 24.1 Å². The molecule has 1 saturated heterocycles. The third kappa shape index (κ3) is 3.53. The third-order valence-corrected chi connectivity index (χ3v) is 4.81. The summed E-state index contributed by atoms with van der Waals surface area (Å²) in [7, 11) is 0. The van der Waals surface area contributed by atoms with Crippen LogP contribution in [0.1, 0.15) is 6.92 Å². The van der Waals surface area contributed by atoms with Crippen molar-refractivity contribution < 1.29 is 24.1 Å². The van der Waals surface area contributed by atoms with Crippen LogP contribution in [0.15, 0.2) is 39.5 Å². The molecule has 2 N–H and O–H groups in total. The SMILES string of the molecule is CCO[C@@H]1CS[C@@H](O)[C@H](Oc2ccc3ccc(=O)oc3c2)[C@H]1O. The van der Waals surface area contributed by atoms with Crippen molar-refractivity contribution in [1.29, 1.82) is 0 Å².